The standard InChI is InChI=1S/C15H20FN3O/c1-9(2)6-12(17)8-14-18-15(19-20-14)11-4-5-13(16)10(3)7-11/h4-5,7,9,12H,6,8,17H2,1-3H3. The van der Waals surface area contributed by atoms with Crippen molar-refractivity contribution < 1.29 is 8.91 Å². The number of hydrogen-bond acceptors (Lipinski definition) is 4. The van der Waals surface area contributed by atoms with E-state index in [1.54, 1.807) is 19.1 Å². The Labute approximate surface area is 118 Å². The summed E-state index contributed by atoms with van der Waals surface area (Å²) in [5, 5.41) is 3.93. The normalized spacial score (nSPS) is 12.9. The lowest BCUT2D eigenvalue weighted by Gasteiger charge is -2.10. The Bertz CT molecular complexity index is 580. The minimum Gasteiger partial charge on any atom is -0.339 e. The lowest BCUT2D eigenvalue weighted by atomic mass is 10.0. The average molecular weight is 277 g/mol. The van der Waals surface area contributed by atoms with Gasteiger partial charge >= 0.3 is 0 Å². The zero-order valence-corrected chi connectivity index (χ0v) is 12.1. The molecule has 1 heterocycles. The van der Waals surface area contributed by atoms with Crippen molar-refractivity contribution in [3.8, 4) is 11.4 Å². The highest BCUT2D eigenvalue weighted by molar-refractivity contribution is 5.55. The van der Waals surface area contributed by atoms with Gasteiger partial charge in [-0.3, -0.25) is 0 Å². The summed E-state index contributed by atoms with van der Waals surface area (Å²) in [6.45, 7) is 5.96. The quantitative estimate of drug-likeness (QED) is 0.912. The molecule has 0 aliphatic carbocycles. The Hall–Kier alpha value is -1.75. The fourth-order valence-electron chi connectivity index (χ4n) is 2.15. The Morgan fingerprint density at radius 3 is 2.75 bits per heavy atom. The molecule has 0 saturated carbocycles. The molecule has 0 aliphatic rings. The van der Waals surface area contributed by atoms with Crippen LogP contribution in [0.5, 0.6) is 0 Å². The molecule has 2 rings (SSSR count). The first kappa shape index (κ1) is 14.7. The second kappa shape index (κ2) is 6.13. The summed E-state index contributed by atoms with van der Waals surface area (Å²) >= 11 is 0. The van der Waals surface area contributed by atoms with E-state index in [1.165, 1.54) is 6.07 Å². The van der Waals surface area contributed by atoms with Gasteiger partial charge in [-0.2, -0.15) is 4.98 Å². The molecule has 1 aromatic carbocycles. The van der Waals surface area contributed by atoms with Gasteiger partial charge in [-0.25, -0.2) is 4.39 Å². The van der Waals surface area contributed by atoms with E-state index in [0.29, 0.717) is 29.6 Å². The Morgan fingerprint density at radius 1 is 1.35 bits per heavy atom. The summed E-state index contributed by atoms with van der Waals surface area (Å²) in [5.41, 5.74) is 7.33. The first-order valence-corrected chi connectivity index (χ1v) is 6.80. The molecule has 108 valence electrons. The second-order valence-corrected chi connectivity index (χ2v) is 5.57. The largest absolute Gasteiger partial charge is 0.339 e. The highest BCUT2D eigenvalue weighted by atomic mass is 19.1. The molecule has 0 fully saturated rings. The maximum Gasteiger partial charge on any atom is 0.228 e. The molecule has 20 heavy (non-hydrogen) atoms. The molecule has 1 unspecified atom stereocenters. The molecule has 1 aromatic heterocycles. The van der Waals surface area contributed by atoms with Gasteiger partial charge in [-0.05, 0) is 43.0 Å². The summed E-state index contributed by atoms with van der Waals surface area (Å²) < 4.78 is 18.4. The van der Waals surface area contributed by atoms with Crippen LogP contribution in [0.15, 0.2) is 22.7 Å². The lowest BCUT2D eigenvalue weighted by Crippen LogP contribution is -2.24. The van der Waals surface area contributed by atoms with Gasteiger partial charge in [0.05, 0.1) is 0 Å². The number of rotatable bonds is 5. The van der Waals surface area contributed by atoms with Gasteiger partial charge in [0.2, 0.25) is 11.7 Å². The van der Waals surface area contributed by atoms with Gasteiger partial charge in [0.1, 0.15) is 5.82 Å². The number of nitrogens with zero attached hydrogens (tertiary/aromatic N) is 2. The summed E-state index contributed by atoms with van der Waals surface area (Å²) in [6, 6.07) is 4.77. The van der Waals surface area contributed by atoms with Crippen LogP contribution in [0.4, 0.5) is 4.39 Å². The predicted molar refractivity (Wildman–Crippen MR) is 75.6 cm³/mol. The Morgan fingerprint density at radius 2 is 2.10 bits per heavy atom. The smallest absolute Gasteiger partial charge is 0.228 e. The molecule has 4 nitrogen and oxygen atoms in total. The molecule has 5 heteroatoms. The summed E-state index contributed by atoms with van der Waals surface area (Å²) in [6.07, 6.45) is 1.47. The third-order valence-electron chi connectivity index (χ3n) is 3.10. The average Bonchev–Trinajstić information content (AvgIpc) is 2.80. The Kier molecular flexibility index (Phi) is 4.49. The van der Waals surface area contributed by atoms with Crippen LogP contribution >= 0.6 is 0 Å². The minimum absolute atomic E-state index is 0.0123. The van der Waals surface area contributed by atoms with Gasteiger partial charge in [0.25, 0.3) is 0 Å². The van der Waals surface area contributed by atoms with Crippen LogP contribution < -0.4 is 5.73 Å². The minimum atomic E-state index is -0.239. The number of nitrogens with two attached hydrogens (primary N) is 1. The van der Waals surface area contributed by atoms with Crippen LogP contribution in [0.3, 0.4) is 0 Å². The van der Waals surface area contributed by atoms with Crippen molar-refractivity contribution in [2.45, 2.75) is 39.7 Å². The zero-order chi connectivity index (χ0) is 14.7. The van der Waals surface area contributed by atoms with Gasteiger partial charge in [0, 0.05) is 18.0 Å². The van der Waals surface area contributed by atoms with E-state index in [4.69, 9.17) is 10.3 Å². The zero-order valence-electron chi connectivity index (χ0n) is 12.1. The Balaban J connectivity index is 2.10. The molecular formula is C15H20FN3O. The van der Waals surface area contributed by atoms with Crippen LogP contribution in [-0.4, -0.2) is 16.2 Å². The fraction of sp³-hybridized carbons (Fsp3) is 0.467. The maximum absolute atomic E-state index is 13.2. The number of aromatic nitrogens is 2. The molecule has 0 saturated heterocycles. The van der Waals surface area contributed by atoms with E-state index in [0.717, 1.165) is 12.0 Å². The van der Waals surface area contributed by atoms with Gasteiger partial charge < -0.3 is 10.3 Å². The molecular weight excluding hydrogens is 257 g/mol. The van der Waals surface area contributed by atoms with Crippen molar-refractivity contribution in [1.82, 2.24) is 10.1 Å². The molecule has 0 amide bonds. The summed E-state index contributed by atoms with van der Waals surface area (Å²) in [7, 11) is 0. The monoisotopic (exact) mass is 277 g/mol. The van der Waals surface area contributed by atoms with Crippen LogP contribution in [-0.2, 0) is 6.42 Å². The number of hydrogen-bond donors (Lipinski definition) is 1. The third-order valence-corrected chi connectivity index (χ3v) is 3.10. The van der Waals surface area contributed by atoms with Crippen LogP contribution in [0.2, 0.25) is 0 Å². The molecule has 0 spiro atoms. The number of aryl methyl sites for hydroxylation is 1. The van der Waals surface area contributed by atoms with E-state index in [1.807, 2.05) is 0 Å². The van der Waals surface area contributed by atoms with Crippen molar-refractivity contribution in [2.24, 2.45) is 11.7 Å². The van der Waals surface area contributed by atoms with E-state index in [9.17, 15) is 4.39 Å². The summed E-state index contributed by atoms with van der Waals surface area (Å²) in [5.74, 6) is 1.29. The molecule has 1 atom stereocenters. The van der Waals surface area contributed by atoms with Gasteiger partial charge in [-0.15, -0.1) is 0 Å². The molecule has 2 aromatic rings. The lowest BCUT2D eigenvalue weighted by molar-refractivity contribution is 0.359. The first-order valence-electron chi connectivity index (χ1n) is 6.80. The van der Waals surface area contributed by atoms with Crippen molar-refractivity contribution in [2.75, 3.05) is 0 Å². The van der Waals surface area contributed by atoms with Gasteiger partial charge in [-0.1, -0.05) is 19.0 Å². The first-order chi connectivity index (χ1) is 9.45. The SMILES string of the molecule is Cc1cc(-c2noc(CC(N)CC(C)C)n2)ccc1F. The van der Waals surface area contributed by atoms with Crippen molar-refractivity contribution in [3.63, 3.8) is 0 Å². The topological polar surface area (TPSA) is 64.9 Å². The highest BCUT2D eigenvalue weighted by Gasteiger charge is 2.14. The third kappa shape index (κ3) is 3.63. The number of halogens is 1. The van der Waals surface area contributed by atoms with Crippen LogP contribution in [0.1, 0.15) is 31.7 Å². The van der Waals surface area contributed by atoms with E-state index in [-0.39, 0.29) is 11.9 Å². The maximum atomic E-state index is 13.2. The number of benzene rings is 1. The highest BCUT2D eigenvalue weighted by Crippen LogP contribution is 2.19. The second-order valence-electron chi connectivity index (χ2n) is 5.57. The van der Waals surface area contributed by atoms with Crippen molar-refractivity contribution in [1.29, 1.82) is 0 Å². The van der Waals surface area contributed by atoms with E-state index < -0.39 is 0 Å². The van der Waals surface area contributed by atoms with Crippen molar-refractivity contribution >= 4 is 0 Å². The molecule has 0 radical (unpaired) electrons. The van der Waals surface area contributed by atoms with Crippen LogP contribution in [0.25, 0.3) is 11.4 Å². The molecule has 0 aliphatic heterocycles. The van der Waals surface area contributed by atoms with E-state index >= 15 is 0 Å². The van der Waals surface area contributed by atoms with Crippen LogP contribution in [0, 0.1) is 18.7 Å². The fourth-order valence-corrected chi connectivity index (χ4v) is 2.15. The summed E-state index contributed by atoms with van der Waals surface area (Å²) in [4.78, 5) is 4.32. The predicted octanol–water partition coefficient (Wildman–Crippen LogP) is 3.10. The molecule has 2 N–H and O–H groups in total. The molecule has 0 bridgehead atoms. The van der Waals surface area contributed by atoms with E-state index in [2.05, 4.69) is 24.0 Å². The van der Waals surface area contributed by atoms with Crippen molar-refractivity contribution in [3.05, 3.63) is 35.5 Å². The van der Waals surface area contributed by atoms with Gasteiger partial charge in [0.15, 0.2) is 0 Å².